The van der Waals surface area contributed by atoms with Gasteiger partial charge >= 0.3 is 0 Å². The van der Waals surface area contributed by atoms with Gasteiger partial charge in [0.2, 0.25) is 0 Å². The number of rotatable bonds is 3. The number of ether oxygens (including phenoxy) is 2. The van der Waals surface area contributed by atoms with Crippen molar-refractivity contribution in [3.8, 4) is 11.5 Å². The zero-order valence-corrected chi connectivity index (χ0v) is 17.2. The highest BCUT2D eigenvalue weighted by Gasteiger charge is 2.32. The monoisotopic (exact) mass is 365 g/mol. The molecule has 3 heteroatoms. The van der Waals surface area contributed by atoms with Crippen LogP contribution in [0.2, 0.25) is 0 Å². The molecule has 144 valence electrons. The minimum absolute atomic E-state index is 0.0571. The van der Waals surface area contributed by atoms with E-state index in [1.807, 2.05) is 0 Å². The van der Waals surface area contributed by atoms with E-state index in [0.717, 1.165) is 24.5 Å². The maximum absolute atomic E-state index is 5.80. The van der Waals surface area contributed by atoms with Crippen LogP contribution in [0.1, 0.15) is 63.6 Å². The molecule has 0 spiro atoms. The first-order chi connectivity index (χ1) is 12.7. The largest absolute Gasteiger partial charge is 0.486 e. The Bertz CT molecular complexity index is 848. The zero-order valence-electron chi connectivity index (χ0n) is 17.2. The molecule has 27 heavy (non-hydrogen) atoms. The van der Waals surface area contributed by atoms with E-state index in [4.69, 9.17) is 9.47 Å². The predicted molar refractivity (Wildman–Crippen MR) is 111 cm³/mol. The number of nitrogens with one attached hydrogen (secondary N) is 1. The lowest BCUT2D eigenvalue weighted by Crippen LogP contribution is -2.23. The van der Waals surface area contributed by atoms with Crippen LogP contribution in [-0.2, 0) is 10.8 Å². The Labute approximate surface area is 163 Å². The van der Waals surface area contributed by atoms with E-state index >= 15 is 0 Å². The second-order valence-corrected chi connectivity index (χ2v) is 9.58. The summed E-state index contributed by atoms with van der Waals surface area (Å²) in [7, 11) is 0. The van der Waals surface area contributed by atoms with Gasteiger partial charge in [0.05, 0.1) is 0 Å². The second kappa shape index (κ2) is 6.47. The van der Waals surface area contributed by atoms with E-state index in [0.29, 0.717) is 19.1 Å². The van der Waals surface area contributed by atoms with E-state index in [1.165, 1.54) is 22.4 Å². The highest BCUT2D eigenvalue weighted by molar-refractivity contribution is 5.60. The number of benzene rings is 2. The van der Waals surface area contributed by atoms with Gasteiger partial charge in [-0.2, -0.15) is 0 Å². The Kier molecular flexibility index (Phi) is 4.37. The van der Waals surface area contributed by atoms with Gasteiger partial charge in [-0.15, -0.1) is 0 Å². The summed E-state index contributed by atoms with van der Waals surface area (Å²) in [6.07, 6.45) is 1.10. The molecule has 0 fully saturated rings. The van der Waals surface area contributed by atoms with Crippen LogP contribution in [-0.4, -0.2) is 19.8 Å². The third-order valence-corrected chi connectivity index (χ3v) is 5.98. The SMILES string of the molecule is CC(C)(C)c1ccc2c(c1)C(CC(C)(C)c1ccc3c(c1)OCCO3)CN2. The molecule has 0 aliphatic carbocycles. The third kappa shape index (κ3) is 3.52. The van der Waals surface area contributed by atoms with Crippen LogP contribution < -0.4 is 14.8 Å². The molecule has 0 amide bonds. The molecule has 2 aliphatic heterocycles. The normalized spacial score (nSPS) is 18.8. The standard InChI is InChI=1S/C24H31NO2/c1-23(2,3)17-6-8-20-19(12-17)16(15-25-20)14-24(4,5)18-7-9-21-22(13-18)27-11-10-26-21/h6-9,12-13,16,25H,10-11,14-15H2,1-5H3. The van der Waals surface area contributed by atoms with Gasteiger partial charge < -0.3 is 14.8 Å². The zero-order chi connectivity index (χ0) is 19.2. The van der Waals surface area contributed by atoms with Crippen LogP contribution in [0.3, 0.4) is 0 Å². The van der Waals surface area contributed by atoms with Crippen LogP contribution in [0.5, 0.6) is 11.5 Å². The molecule has 2 heterocycles. The predicted octanol–water partition coefficient (Wildman–Crippen LogP) is 5.63. The fourth-order valence-electron chi connectivity index (χ4n) is 4.25. The summed E-state index contributed by atoms with van der Waals surface area (Å²) in [5.41, 5.74) is 5.72. The molecule has 4 rings (SSSR count). The molecule has 3 nitrogen and oxygen atoms in total. The maximum atomic E-state index is 5.80. The molecule has 0 radical (unpaired) electrons. The first-order valence-electron chi connectivity index (χ1n) is 10.0. The van der Waals surface area contributed by atoms with E-state index in [9.17, 15) is 0 Å². The van der Waals surface area contributed by atoms with Crippen molar-refractivity contribution in [2.24, 2.45) is 0 Å². The highest BCUT2D eigenvalue weighted by Crippen LogP contribution is 2.43. The third-order valence-electron chi connectivity index (χ3n) is 5.98. The van der Waals surface area contributed by atoms with Crippen LogP contribution in [0.25, 0.3) is 0 Å². The van der Waals surface area contributed by atoms with Crippen molar-refractivity contribution < 1.29 is 9.47 Å². The molecular formula is C24H31NO2. The summed E-state index contributed by atoms with van der Waals surface area (Å²) in [6, 6.07) is 13.4. The van der Waals surface area contributed by atoms with Crippen molar-refractivity contribution >= 4 is 5.69 Å². The van der Waals surface area contributed by atoms with E-state index in [1.54, 1.807) is 0 Å². The number of hydrogen-bond donors (Lipinski definition) is 1. The van der Waals surface area contributed by atoms with Crippen molar-refractivity contribution in [1.82, 2.24) is 0 Å². The molecule has 0 aromatic heterocycles. The smallest absolute Gasteiger partial charge is 0.161 e. The Morgan fingerprint density at radius 3 is 2.33 bits per heavy atom. The molecule has 2 aromatic rings. The van der Waals surface area contributed by atoms with Gasteiger partial charge in [-0.3, -0.25) is 0 Å². The molecule has 0 saturated heterocycles. The summed E-state index contributed by atoms with van der Waals surface area (Å²) >= 11 is 0. The van der Waals surface area contributed by atoms with Gasteiger partial charge in [0.1, 0.15) is 13.2 Å². The van der Waals surface area contributed by atoms with Crippen LogP contribution in [0.15, 0.2) is 36.4 Å². The van der Waals surface area contributed by atoms with Gasteiger partial charge in [0, 0.05) is 18.2 Å². The minimum atomic E-state index is 0.0571. The van der Waals surface area contributed by atoms with Crippen LogP contribution in [0, 0.1) is 0 Å². The molecular weight excluding hydrogens is 334 g/mol. The highest BCUT2D eigenvalue weighted by atomic mass is 16.6. The fraction of sp³-hybridized carbons (Fsp3) is 0.500. The summed E-state index contributed by atoms with van der Waals surface area (Å²) in [5, 5.41) is 3.61. The summed E-state index contributed by atoms with van der Waals surface area (Å²) in [6.45, 7) is 13.8. The molecule has 2 aliphatic rings. The van der Waals surface area contributed by atoms with E-state index in [2.05, 4.69) is 76.3 Å². The summed E-state index contributed by atoms with van der Waals surface area (Å²) < 4.78 is 11.5. The summed E-state index contributed by atoms with van der Waals surface area (Å²) in [5.74, 6) is 2.26. The first-order valence-corrected chi connectivity index (χ1v) is 10.0. The van der Waals surface area contributed by atoms with Gasteiger partial charge in [-0.25, -0.2) is 0 Å². The Balaban J connectivity index is 1.60. The molecule has 1 atom stereocenters. The molecule has 0 saturated carbocycles. The number of hydrogen-bond acceptors (Lipinski definition) is 3. The van der Waals surface area contributed by atoms with E-state index < -0.39 is 0 Å². The Morgan fingerprint density at radius 2 is 1.59 bits per heavy atom. The van der Waals surface area contributed by atoms with Gasteiger partial charge in [0.15, 0.2) is 11.5 Å². The van der Waals surface area contributed by atoms with Gasteiger partial charge in [-0.05, 0) is 52.1 Å². The average molecular weight is 366 g/mol. The molecule has 0 bridgehead atoms. The van der Waals surface area contributed by atoms with Crippen LogP contribution in [0.4, 0.5) is 5.69 Å². The average Bonchev–Trinajstić information content (AvgIpc) is 3.02. The van der Waals surface area contributed by atoms with Crippen molar-refractivity contribution in [2.45, 2.75) is 57.8 Å². The lowest BCUT2D eigenvalue weighted by atomic mass is 9.75. The molecule has 1 unspecified atom stereocenters. The van der Waals surface area contributed by atoms with Crippen molar-refractivity contribution in [1.29, 1.82) is 0 Å². The molecule has 1 N–H and O–H groups in total. The lowest BCUT2D eigenvalue weighted by molar-refractivity contribution is 0.171. The van der Waals surface area contributed by atoms with Crippen molar-refractivity contribution in [2.75, 3.05) is 25.1 Å². The minimum Gasteiger partial charge on any atom is -0.486 e. The van der Waals surface area contributed by atoms with Gasteiger partial charge in [-0.1, -0.05) is 52.8 Å². The number of anilines is 1. The van der Waals surface area contributed by atoms with Crippen LogP contribution >= 0.6 is 0 Å². The van der Waals surface area contributed by atoms with Crippen molar-refractivity contribution in [3.63, 3.8) is 0 Å². The fourth-order valence-corrected chi connectivity index (χ4v) is 4.25. The second-order valence-electron chi connectivity index (χ2n) is 9.58. The topological polar surface area (TPSA) is 30.5 Å². The first kappa shape index (κ1) is 18.2. The number of fused-ring (bicyclic) bond motifs is 2. The molecule has 2 aromatic carbocycles. The van der Waals surface area contributed by atoms with Gasteiger partial charge in [0.25, 0.3) is 0 Å². The Morgan fingerprint density at radius 1 is 0.889 bits per heavy atom. The lowest BCUT2D eigenvalue weighted by Gasteiger charge is -2.30. The quantitative estimate of drug-likeness (QED) is 0.764. The van der Waals surface area contributed by atoms with E-state index in [-0.39, 0.29) is 10.8 Å². The maximum Gasteiger partial charge on any atom is 0.161 e. The van der Waals surface area contributed by atoms with Crippen molar-refractivity contribution in [3.05, 3.63) is 53.1 Å². The Hall–Kier alpha value is -2.16. The summed E-state index contributed by atoms with van der Waals surface area (Å²) in [4.78, 5) is 0.